The SMILES string of the molecule is N#CNC(=O)CCOc1ccc(F)cc1. The Labute approximate surface area is 86.3 Å². The third-order valence-corrected chi connectivity index (χ3v) is 1.61. The molecule has 1 N–H and O–H groups in total. The van der Waals surface area contributed by atoms with Gasteiger partial charge in [0.1, 0.15) is 11.6 Å². The van der Waals surface area contributed by atoms with Crippen molar-refractivity contribution in [2.75, 3.05) is 6.61 Å². The first-order valence-electron chi connectivity index (χ1n) is 4.28. The molecule has 0 radical (unpaired) electrons. The van der Waals surface area contributed by atoms with Gasteiger partial charge in [-0.3, -0.25) is 10.1 Å². The number of ether oxygens (including phenoxy) is 1. The summed E-state index contributed by atoms with van der Waals surface area (Å²) in [6, 6.07) is 5.48. The van der Waals surface area contributed by atoms with E-state index in [0.717, 1.165) is 0 Å². The van der Waals surface area contributed by atoms with E-state index in [9.17, 15) is 9.18 Å². The topological polar surface area (TPSA) is 62.1 Å². The van der Waals surface area contributed by atoms with Gasteiger partial charge in [0.2, 0.25) is 5.91 Å². The zero-order valence-electron chi connectivity index (χ0n) is 7.87. The van der Waals surface area contributed by atoms with E-state index in [4.69, 9.17) is 10.00 Å². The highest BCUT2D eigenvalue weighted by Crippen LogP contribution is 2.10. The normalized spacial score (nSPS) is 9.07. The molecule has 1 aromatic rings. The van der Waals surface area contributed by atoms with E-state index in [1.165, 1.54) is 30.5 Å². The lowest BCUT2D eigenvalue weighted by Crippen LogP contribution is -2.19. The molecular weight excluding hydrogens is 199 g/mol. The minimum Gasteiger partial charge on any atom is -0.493 e. The molecule has 1 amide bonds. The molecule has 0 aliphatic rings. The fourth-order valence-electron chi connectivity index (χ4n) is 0.917. The van der Waals surface area contributed by atoms with Crippen LogP contribution in [-0.2, 0) is 4.79 Å². The van der Waals surface area contributed by atoms with Gasteiger partial charge in [0, 0.05) is 0 Å². The Bertz CT molecular complexity index is 370. The van der Waals surface area contributed by atoms with Crippen LogP contribution in [0.2, 0.25) is 0 Å². The van der Waals surface area contributed by atoms with Crippen molar-refractivity contribution in [3.05, 3.63) is 30.1 Å². The molecule has 1 aromatic carbocycles. The van der Waals surface area contributed by atoms with Crippen molar-refractivity contribution < 1.29 is 13.9 Å². The molecule has 4 nitrogen and oxygen atoms in total. The first-order valence-corrected chi connectivity index (χ1v) is 4.28. The van der Waals surface area contributed by atoms with Gasteiger partial charge >= 0.3 is 0 Å². The van der Waals surface area contributed by atoms with Crippen molar-refractivity contribution in [1.82, 2.24) is 5.32 Å². The Morgan fingerprint density at radius 3 is 2.73 bits per heavy atom. The molecule has 0 fully saturated rings. The van der Waals surface area contributed by atoms with Crippen LogP contribution in [0.3, 0.4) is 0 Å². The molecule has 15 heavy (non-hydrogen) atoms. The van der Waals surface area contributed by atoms with Crippen LogP contribution in [0, 0.1) is 17.3 Å². The summed E-state index contributed by atoms with van der Waals surface area (Å²) in [6.07, 6.45) is 1.61. The lowest BCUT2D eigenvalue weighted by atomic mass is 10.3. The summed E-state index contributed by atoms with van der Waals surface area (Å²) in [5, 5.41) is 10.1. The van der Waals surface area contributed by atoms with Crippen LogP contribution in [0.1, 0.15) is 6.42 Å². The van der Waals surface area contributed by atoms with E-state index < -0.39 is 5.91 Å². The predicted molar refractivity (Wildman–Crippen MR) is 50.3 cm³/mol. The first kappa shape index (κ1) is 11.0. The molecule has 0 atom stereocenters. The number of hydrogen-bond donors (Lipinski definition) is 1. The maximum atomic E-state index is 12.5. The number of rotatable bonds is 4. The third kappa shape index (κ3) is 4.09. The van der Waals surface area contributed by atoms with E-state index in [1.54, 1.807) is 0 Å². The van der Waals surface area contributed by atoms with Crippen LogP contribution in [0.15, 0.2) is 24.3 Å². The summed E-state index contributed by atoms with van der Waals surface area (Å²) in [5.74, 6) is -0.259. The number of nitrogens with one attached hydrogen (secondary N) is 1. The van der Waals surface area contributed by atoms with Gasteiger partial charge in [-0.1, -0.05) is 0 Å². The van der Waals surface area contributed by atoms with Gasteiger partial charge in [0.15, 0.2) is 6.19 Å². The molecular formula is C10H9FN2O2. The highest BCUT2D eigenvalue weighted by atomic mass is 19.1. The average Bonchev–Trinajstić information content (AvgIpc) is 2.21. The summed E-state index contributed by atoms with van der Waals surface area (Å²) in [6.45, 7) is 0.152. The van der Waals surface area contributed by atoms with Crippen LogP contribution in [0.25, 0.3) is 0 Å². The molecule has 0 saturated heterocycles. The molecule has 0 bridgehead atoms. The van der Waals surface area contributed by atoms with Crippen LogP contribution >= 0.6 is 0 Å². The standard InChI is InChI=1S/C10H9FN2O2/c11-8-1-3-9(4-2-8)15-6-5-10(14)13-7-12/h1-4H,5-6H2,(H,13,14). The Hall–Kier alpha value is -2.09. The van der Waals surface area contributed by atoms with Gasteiger partial charge in [-0.05, 0) is 24.3 Å². The lowest BCUT2D eigenvalue weighted by molar-refractivity contribution is -0.120. The average molecular weight is 208 g/mol. The molecule has 78 valence electrons. The second kappa shape index (κ2) is 5.60. The van der Waals surface area contributed by atoms with Gasteiger partial charge in [0.25, 0.3) is 0 Å². The van der Waals surface area contributed by atoms with Crippen molar-refractivity contribution in [1.29, 1.82) is 5.26 Å². The molecule has 0 aliphatic carbocycles. The summed E-state index contributed by atoms with van der Waals surface area (Å²) >= 11 is 0. The number of carbonyl (C=O) groups is 1. The van der Waals surface area contributed by atoms with Crippen molar-refractivity contribution in [2.45, 2.75) is 6.42 Å². The third-order valence-electron chi connectivity index (χ3n) is 1.61. The highest BCUT2D eigenvalue weighted by molar-refractivity contribution is 5.77. The van der Waals surface area contributed by atoms with Crippen molar-refractivity contribution in [2.24, 2.45) is 0 Å². The molecule has 0 heterocycles. The summed E-state index contributed by atoms with van der Waals surface area (Å²) in [5.41, 5.74) is 0. The molecule has 0 unspecified atom stereocenters. The van der Waals surface area contributed by atoms with Crippen molar-refractivity contribution in [3.8, 4) is 11.9 Å². The van der Waals surface area contributed by atoms with Gasteiger partial charge in [-0.2, -0.15) is 5.26 Å². The van der Waals surface area contributed by atoms with Crippen molar-refractivity contribution in [3.63, 3.8) is 0 Å². The quantitative estimate of drug-likeness (QED) is 0.597. The second-order valence-electron chi connectivity index (χ2n) is 2.71. The summed E-state index contributed by atoms with van der Waals surface area (Å²) in [7, 11) is 0. The number of halogens is 1. The molecule has 0 aliphatic heterocycles. The second-order valence-corrected chi connectivity index (χ2v) is 2.71. The molecule has 0 spiro atoms. The van der Waals surface area contributed by atoms with Crippen LogP contribution in [0.4, 0.5) is 4.39 Å². The number of hydrogen-bond acceptors (Lipinski definition) is 3. The number of benzene rings is 1. The predicted octanol–water partition coefficient (Wildman–Crippen LogP) is 1.19. The molecule has 0 saturated carbocycles. The van der Waals surface area contributed by atoms with E-state index in [1.807, 2.05) is 5.32 Å². The van der Waals surface area contributed by atoms with E-state index in [-0.39, 0.29) is 18.8 Å². The highest BCUT2D eigenvalue weighted by Gasteiger charge is 2.00. The maximum absolute atomic E-state index is 12.5. The molecule has 1 rings (SSSR count). The Morgan fingerprint density at radius 1 is 1.47 bits per heavy atom. The lowest BCUT2D eigenvalue weighted by Gasteiger charge is -2.04. The van der Waals surface area contributed by atoms with Gasteiger partial charge < -0.3 is 4.74 Å². The minimum atomic E-state index is -0.403. The fourth-order valence-corrected chi connectivity index (χ4v) is 0.917. The van der Waals surface area contributed by atoms with Crippen molar-refractivity contribution >= 4 is 5.91 Å². The zero-order valence-corrected chi connectivity index (χ0v) is 7.87. The summed E-state index contributed by atoms with van der Waals surface area (Å²) < 4.78 is 17.6. The first-order chi connectivity index (χ1) is 7.22. The number of carbonyl (C=O) groups excluding carboxylic acids is 1. The fraction of sp³-hybridized carbons (Fsp3) is 0.200. The Morgan fingerprint density at radius 2 is 2.13 bits per heavy atom. The van der Waals surface area contributed by atoms with Gasteiger partial charge in [0.05, 0.1) is 13.0 Å². The van der Waals surface area contributed by atoms with Crippen LogP contribution < -0.4 is 10.1 Å². The van der Waals surface area contributed by atoms with E-state index >= 15 is 0 Å². The van der Waals surface area contributed by atoms with Crippen LogP contribution in [0.5, 0.6) is 5.75 Å². The number of nitriles is 1. The Balaban J connectivity index is 2.29. The van der Waals surface area contributed by atoms with Gasteiger partial charge in [-0.25, -0.2) is 4.39 Å². The van der Waals surface area contributed by atoms with Crippen LogP contribution in [-0.4, -0.2) is 12.5 Å². The summed E-state index contributed by atoms with van der Waals surface area (Å²) in [4.78, 5) is 10.8. The minimum absolute atomic E-state index is 0.0882. The number of amides is 1. The maximum Gasteiger partial charge on any atom is 0.236 e. The largest absolute Gasteiger partial charge is 0.493 e. The Kier molecular flexibility index (Phi) is 4.10. The molecule has 5 heteroatoms. The number of nitrogens with zero attached hydrogens (tertiary/aromatic N) is 1. The zero-order chi connectivity index (χ0) is 11.1. The van der Waals surface area contributed by atoms with E-state index in [2.05, 4.69) is 0 Å². The monoisotopic (exact) mass is 208 g/mol. The van der Waals surface area contributed by atoms with E-state index in [0.29, 0.717) is 5.75 Å². The smallest absolute Gasteiger partial charge is 0.236 e. The van der Waals surface area contributed by atoms with Gasteiger partial charge in [-0.15, -0.1) is 0 Å². The molecule has 0 aromatic heterocycles.